The lowest BCUT2D eigenvalue weighted by Gasteiger charge is -2.19. The first kappa shape index (κ1) is 12.0. The van der Waals surface area contributed by atoms with Crippen LogP contribution in [0.3, 0.4) is 0 Å². The minimum absolute atomic E-state index is 1.04. The molecule has 0 saturated carbocycles. The second-order valence-corrected chi connectivity index (χ2v) is 2.74. The Balaban J connectivity index is 4.72. The summed E-state index contributed by atoms with van der Waals surface area (Å²) in [6.07, 6.45) is -2.05. The molecule has 0 spiro atoms. The van der Waals surface area contributed by atoms with Gasteiger partial charge in [0.1, 0.15) is 0 Å². The standard InChI is InChI=1S/C8H11F3O2/c1-3-4-5(2)6(7(12)13)8(9,10)11/h3-6H,1-2H3,(H,12,13)/b4-3+. The lowest BCUT2D eigenvalue weighted by Crippen LogP contribution is -2.35. The highest BCUT2D eigenvalue weighted by molar-refractivity contribution is 5.71. The zero-order chi connectivity index (χ0) is 10.6. The van der Waals surface area contributed by atoms with Crippen molar-refractivity contribution in [2.75, 3.05) is 0 Å². The van der Waals surface area contributed by atoms with E-state index in [-0.39, 0.29) is 0 Å². The third kappa shape index (κ3) is 3.48. The van der Waals surface area contributed by atoms with Gasteiger partial charge in [0.05, 0.1) is 0 Å². The number of rotatable bonds is 3. The maximum atomic E-state index is 12.1. The SMILES string of the molecule is C/C=C/C(C)C(C(=O)O)C(F)(F)F. The number of carbonyl (C=O) groups is 1. The van der Waals surface area contributed by atoms with Gasteiger partial charge in [-0.15, -0.1) is 0 Å². The van der Waals surface area contributed by atoms with Crippen LogP contribution in [0.1, 0.15) is 13.8 Å². The van der Waals surface area contributed by atoms with Crippen molar-refractivity contribution >= 4 is 5.97 Å². The van der Waals surface area contributed by atoms with Crippen LogP contribution in [0.5, 0.6) is 0 Å². The summed E-state index contributed by atoms with van der Waals surface area (Å²) >= 11 is 0. The predicted octanol–water partition coefficient (Wildman–Crippen LogP) is 2.46. The summed E-state index contributed by atoms with van der Waals surface area (Å²) in [6, 6.07) is 0. The molecular formula is C8H11F3O2. The van der Waals surface area contributed by atoms with E-state index >= 15 is 0 Å². The van der Waals surface area contributed by atoms with Gasteiger partial charge in [-0.1, -0.05) is 19.1 Å². The van der Waals surface area contributed by atoms with Gasteiger partial charge in [0.15, 0.2) is 5.92 Å². The van der Waals surface area contributed by atoms with Gasteiger partial charge < -0.3 is 5.11 Å². The minimum Gasteiger partial charge on any atom is -0.481 e. The summed E-state index contributed by atoms with van der Waals surface area (Å²) in [5, 5.41) is 8.35. The first-order chi connectivity index (χ1) is 5.80. The first-order valence-corrected chi connectivity index (χ1v) is 3.73. The van der Waals surface area contributed by atoms with Gasteiger partial charge in [-0.05, 0) is 12.8 Å². The predicted molar refractivity (Wildman–Crippen MR) is 41.2 cm³/mol. The van der Waals surface area contributed by atoms with Crippen LogP contribution >= 0.6 is 0 Å². The molecule has 0 aliphatic carbocycles. The molecule has 0 heterocycles. The molecule has 1 N–H and O–H groups in total. The summed E-state index contributed by atoms with van der Waals surface area (Å²) < 4.78 is 36.4. The summed E-state index contributed by atoms with van der Waals surface area (Å²) in [5.74, 6) is -5.19. The number of hydrogen-bond donors (Lipinski definition) is 1. The third-order valence-electron chi connectivity index (χ3n) is 1.64. The van der Waals surface area contributed by atoms with Crippen LogP contribution in [0.4, 0.5) is 13.2 Å². The molecular weight excluding hydrogens is 185 g/mol. The van der Waals surface area contributed by atoms with E-state index in [1.54, 1.807) is 6.92 Å². The van der Waals surface area contributed by atoms with Crippen LogP contribution < -0.4 is 0 Å². The van der Waals surface area contributed by atoms with Crippen molar-refractivity contribution in [3.63, 3.8) is 0 Å². The Bertz CT molecular complexity index is 208. The van der Waals surface area contributed by atoms with Crippen molar-refractivity contribution < 1.29 is 23.1 Å². The highest BCUT2D eigenvalue weighted by Gasteiger charge is 2.47. The Morgan fingerprint density at radius 2 is 1.92 bits per heavy atom. The van der Waals surface area contributed by atoms with Crippen molar-refractivity contribution in [3.8, 4) is 0 Å². The van der Waals surface area contributed by atoms with Crippen molar-refractivity contribution in [1.29, 1.82) is 0 Å². The third-order valence-corrected chi connectivity index (χ3v) is 1.64. The molecule has 0 amide bonds. The highest BCUT2D eigenvalue weighted by Crippen LogP contribution is 2.32. The second kappa shape index (κ2) is 4.30. The molecule has 0 radical (unpaired) electrons. The molecule has 2 nitrogen and oxygen atoms in total. The number of alkyl halides is 3. The zero-order valence-corrected chi connectivity index (χ0v) is 7.30. The molecule has 2 atom stereocenters. The smallest absolute Gasteiger partial charge is 0.402 e. The highest BCUT2D eigenvalue weighted by atomic mass is 19.4. The molecule has 76 valence electrons. The summed E-state index contributed by atoms with van der Waals surface area (Å²) in [5.41, 5.74) is 0. The Labute approximate surface area is 74.1 Å². The average Bonchev–Trinajstić information content (AvgIpc) is 1.82. The largest absolute Gasteiger partial charge is 0.481 e. The molecule has 0 aliphatic rings. The molecule has 5 heteroatoms. The summed E-state index contributed by atoms with van der Waals surface area (Å²) in [6.45, 7) is 2.78. The Kier molecular flexibility index (Phi) is 3.97. The molecule has 0 aromatic rings. The molecule has 13 heavy (non-hydrogen) atoms. The summed E-state index contributed by atoms with van der Waals surface area (Å²) in [4.78, 5) is 10.3. The fourth-order valence-corrected chi connectivity index (χ4v) is 1.08. The van der Waals surface area contributed by atoms with E-state index < -0.39 is 24.0 Å². The van der Waals surface area contributed by atoms with Gasteiger partial charge in [0.2, 0.25) is 0 Å². The van der Waals surface area contributed by atoms with Crippen molar-refractivity contribution in [2.24, 2.45) is 11.8 Å². The fourth-order valence-electron chi connectivity index (χ4n) is 1.08. The summed E-state index contributed by atoms with van der Waals surface area (Å²) in [7, 11) is 0. The second-order valence-electron chi connectivity index (χ2n) is 2.74. The molecule has 0 rings (SSSR count). The van der Waals surface area contributed by atoms with Gasteiger partial charge >= 0.3 is 12.1 Å². The van der Waals surface area contributed by atoms with E-state index in [0.29, 0.717) is 0 Å². The molecule has 0 aromatic heterocycles. The Morgan fingerprint density at radius 1 is 1.46 bits per heavy atom. The van der Waals surface area contributed by atoms with Gasteiger partial charge in [-0.3, -0.25) is 4.79 Å². The topological polar surface area (TPSA) is 37.3 Å². The number of carboxylic acid groups (broad SMARTS) is 1. The molecule has 0 aromatic carbocycles. The van der Waals surface area contributed by atoms with Gasteiger partial charge in [-0.25, -0.2) is 0 Å². The van der Waals surface area contributed by atoms with Crippen LogP contribution in [0.15, 0.2) is 12.2 Å². The van der Waals surface area contributed by atoms with Crippen LogP contribution in [0.25, 0.3) is 0 Å². The van der Waals surface area contributed by atoms with Crippen molar-refractivity contribution in [3.05, 3.63) is 12.2 Å². The van der Waals surface area contributed by atoms with E-state index in [1.165, 1.54) is 19.1 Å². The number of aliphatic carboxylic acids is 1. The lowest BCUT2D eigenvalue weighted by atomic mass is 9.93. The molecule has 2 unspecified atom stereocenters. The quantitative estimate of drug-likeness (QED) is 0.704. The maximum absolute atomic E-state index is 12.1. The van der Waals surface area contributed by atoms with Crippen molar-refractivity contribution in [1.82, 2.24) is 0 Å². The Hall–Kier alpha value is -1.00. The van der Waals surface area contributed by atoms with Crippen LogP contribution in [0, 0.1) is 11.8 Å². The fraction of sp³-hybridized carbons (Fsp3) is 0.625. The number of halogens is 3. The van der Waals surface area contributed by atoms with E-state index in [4.69, 9.17) is 5.11 Å². The van der Waals surface area contributed by atoms with Crippen molar-refractivity contribution in [2.45, 2.75) is 20.0 Å². The van der Waals surface area contributed by atoms with E-state index in [0.717, 1.165) is 0 Å². The van der Waals surface area contributed by atoms with E-state index in [9.17, 15) is 18.0 Å². The normalized spacial score (nSPS) is 17.3. The lowest BCUT2D eigenvalue weighted by molar-refractivity contribution is -0.199. The molecule has 0 fully saturated rings. The van der Waals surface area contributed by atoms with Crippen LogP contribution in [0.2, 0.25) is 0 Å². The van der Waals surface area contributed by atoms with E-state index in [1.807, 2.05) is 0 Å². The van der Waals surface area contributed by atoms with Gasteiger partial charge in [0.25, 0.3) is 0 Å². The minimum atomic E-state index is -4.69. The molecule has 0 saturated heterocycles. The van der Waals surface area contributed by atoms with Gasteiger partial charge in [0, 0.05) is 0 Å². The van der Waals surface area contributed by atoms with Gasteiger partial charge in [-0.2, -0.15) is 13.2 Å². The Morgan fingerprint density at radius 3 is 2.15 bits per heavy atom. The number of carboxylic acids is 1. The van der Waals surface area contributed by atoms with E-state index in [2.05, 4.69) is 0 Å². The number of allylic oxidation sites excluding steroid dienone is 2. The molecule has 0 bridgehead atoms. The van der Waals surface area contributed by atoms with Crippen LogP contribution in [-0.2, 0) is 4.79 Å². The first-order valence-electron chi connectivity index (χ1n) is 3.73. The zero-order valence-electron chi connectivity index (χ0n) is 7.30. The molecule has 0 aliphatic heterocycles. The number of hydrogen-bond acceptors (Lipinski definition) is 1. The average molecular weight is 196 g/mol. The monoisotopic (exact) mass is 196 g/mol. The van der Waals surface area contributed by atoms with Crippen LogP contribution in [-0.4, -0.2) is 17.3 Å². The maximum Gasteiger partial charge on any atom is 0.402 e.